The second-order valence-corrected chi connectivity index (χ2v) is 7.14. The van der Waals surface area contributed by atoms with Gasteiger partial charge in [0.25, 0.3) is 5.91 Å². The van der Waals surface area contributed by atoms with Crippen LogP contribution in [0.4, 0.5) is 0 Å². The summed E-state index contributed by atoms with van der Waals surface area (Å²) in [5, 5.41) is 17.8. The normalized spacial score (nSPS) is 22.1. The summed E-state index contributed by atoms with van der Waals surface area (Å²) < 4.78 is 0. The highest BCUT2D eigenvalue weighted by Crippen LogP contribution is 2.39. The number of nitriles is 1. The standard InChI is InChI=1S/C21H26N6O/c1-23-20(26-15-22)27-17-9-11-21(12-10-17,16-6-3-2-4-7-16)14-25-19(28)18-8-5-13-24-18/h2-8,13,17,24H,9-12,14H2,1H3,(H,25,28)(H2,23,26,27). The molecule has 28 heavy (non-hydrogen) atoms. The molecule has 7 heteroatoms. The second-order valence-electron chi connectivity index (χ2n) is 7.14. The highest BCUT2D eigenvalue weighted by atomic mass is 16.1. The van der Waals surface area contributed by atoms with Gasteiger partial charge in [-0.3, -0.25) is 15.1 Å². The average Bonchev–Trinajstić information content (AvgIpc) is 3.28. The second kappa shape index (κ2) is 9.09. The Morgan fingerprint density at radius 1 is 1.25 bits per heavy atom. The molecule has 1 amide bonds. The van der Waals surface area contributed by atoms with E-state index in [0.717, 1.165) is 25.7 Å². The zero-order valence-electron chi connectivity index (χ0n) is 16.0. The summed E-state index contributed by atoms with van der Waals surface area (Å²) in [6.45, 7) is 0.590. The number of hydrogen-bond acceptors (Lipinski definition) is 3. The van der Waals surface area contributed by atoms with Crippen LogP contribution in [-0.4, -0.2) is 36.5 Å². The average molecular weight is 378 g/mol. The predicted molar refractivity (Wildman–Crippen MR) is 109 cm³/mol. The molecule has 0 saturated heterocycles. The molecule has 0 unspecified atom stereocenters. The van der Waals surface area contributed by atoms with Crippen LogP contribution in [0.15, 0.2) is 53.7 Å². The SMILES string of the molecule is CN=C(NC#N)NC1CCC(CNC(=O)c2ccc[nH]2)(c2ccccc2)CC1. The van der Waals surface area contributed by atoms with E-state index in [1.165, 1.54) is 5.56 Å². The van der Waals surface area contributed by atoms with Crippen molar-refractivity contribution in [2.24, 2.45) is 4.99 Å². The van der Waals surface area contributed by atoms with Gasteiger partial charge in [-0.1, -0.05) is 30.3 Å². The highest BCUT2D eigenvalue weighted by Gasteiger charge is 2.37. The zero-order valence-corrected chi connectivity index (χ0v) is 16.0. The van der Waals surface area contributed by atoms with Gasteiger partial charge in [-0.25, -0.2) is 0 Å². The topological polar surface area (TPSA) is 105 Å². The number of rotatable bonds is 5. The largest absolute Gasteiger partial charge is 0.357 e. The van der Waals surface area contributed by atoms with Crippen LogP contribution in [0, 0.1) is 11.5 Å². The Balaban J connectivity index is 1.69. The van der Waals surface area contributed by atoms with Crippen molar-refractivity contribution in [2.75, 3.05) is 13.6 Å². The van der Waals surface area contributed by atoms with E-state index in [-0.39, 0.29) is 17.4 Å². The molecule has 0 atom stereocenters. The third kappa shape index (κ3) is 4.52. The number of aliphatic imine (C=N–C) groups is 1. The lowest BCUT2D eigenvalue weighted by Gasteiger charge is -2.41. The Bertz CT molecular complexity index is 830. The molecule has 1 aliphatic rings. The number of H-pyrrole nitrogens is 1. The van der Waals surface area contributed by atoms with Crippen molar-refractivity contribution in [1.82, 2.24) is 20.9 Å². The summed E-state index contributed by atoms with van der Waals surface area (Å²) in [5.74, 6) is 0.416. The highest BCUT2D eigenvalue weighted by molar-refractivity contribution is 5.92. The van der Waals surface area contributed by atoms with Crippen molar-refractivity contribution in [2.45, 2.75) is 37.1 Å². The van der Waals surface area contributed by atoms with E-state index < -0.39 is 0 Å². The summed E-state index contributed by atoms with van der Waals surface area (Å²) in [5.41, 5.74) is 1.72. The Labute approximate surface area is 165 Å². The maximum Gasteiger partial charge on any atom is 0.267 e. The van der Waals surface area contributed by atoms with Gasteiger partial charge in [0.1, 0.15) is 5.69 Å². The summed E-state index contributed by atoms with van der Waals surface area (Å²) in [7, 11) is 1.65. The quantitative estimate of drug-likeness (QED) is 0.277. The predicted octanol–water partition coefficient (Wildman–Crippen LogP) is 2.27. The Kier molecular flexibility index (Phi) is 6.33. The molecular formula is C21H26N6O. The van der Waals surface area contributed by atoms with E-state index in [2.05, 4.69) is 38.1 Å². The van der Waals surface area contributed by atoms with Crippen LogP contribution < -0.4 is 16.0 Å². The van der Waals surface area contributed by atoms with E-state index in [1.54, 1.807) is 19.3 Å². The van der Waals surface area contributed by atoms with E-state index in [1.807, 2.05) is 30.5 Å². The maximum absolute atomic E-state index is 12.4. The minimum absolute atomic E-state index is 0.0841. The number of guanidine groups is 1. The molecule has 1 aromatic carbocycles. The Morgan fingerprint density at radius 2 is 2.00 bits per heavy atom. The summed E-state index contributed by atoms with van der Waals surface area (Å²) >= 11 is 0. The molecule has 3 rings (SSSR count). The van der Waals surface area contributed by atoms with Crippen molar-refractivity contribution < 1.29 is 4.79 Å². The van der Waals surface area contributed by atoms with Crippen LogP contribution in [0.3, 0.4) is 0 Å². The first-order valence-electron chi connectivity index (χ1n) is 9.52. The third-order valence-electron chi connectivity index (χ3n) is 5.50. The first-order valence-corrected chi connectivity index (χ1v) is 9.52. The van der Waals surface area contributed by atoms with Crippen molar-refractivity contribution >= 4 is 11.9 Å². The van der Waals surface area contributed by atoms with E-state index in [9.17, 15) is 4.79 Å². The third-order valence-corrected chi connectivity index (χ3v) is 5.50. The number of aromatic amines is 1. The molecule has 0 spiro atoms. The lowest BCUT2D eigenvalue weighted by molar-refractivity contribution is 0.0930. The number of carbonyl (C=O) groups is 1. The molecule has 1 saturated carbocycles. The number of hydrogen-bond donors (Lipinski definition) is 4. The van der Waals surface area contributed by atoms with Gasteiger partial charge in [0.2, 0.25) is 5.96 Å². The van der Waals surface area contributed by atoms with Gasteiger partial charge in [0.05, 0.1) is 0 Å². The minimum Gasteiger partial charge on any atom is -0.357 e. The minimum atomic E-state index is -0.103. The van der Waals surface area contributed by atoms with Crippen molar-refractivity contribution in [3.63, 3.8) is 0 Å². The molecule has 1 aromatic heterocycles. The number of amides is 1. The van der Waals surface area contributed by atoms with Gasteiger partial charge in [-0.05, 0) is 43.4 Å². The van der Waals surface area contributed by atoms with Gasteiger partial charge in [-0.15, -0.1) is 0 Å². The van der Waals surface area contributed by atoms with Gasteiger partial charge >= 0.3 is 0 Å². The molecule has 1 aliphatic carbocycles. The Morgan fingerprint density at radius 3 is 2.61 bits per heavy atom. The molecule has 146 valence electrons. The fourth-order valence-electron chi connectivity index (χ4n) is 3.89. The number of aromatic nitrogens is 1. The van der Waals surface area contributed by atoms with Crippen LogP contribution in [0.2, 0.25) is 0 Å². The van der Waals surface area contributed by atoms with E-state index in [4.69, 9.17) is 5.26 Å². The number of nitrogens with one attached hydrogen (secondary N) is 4. The van der Waals surface area contributed by atoms with Crippen LogP contribution in [-0.2, 0) is 5.41 Å². The zero-order chi connectivity index (χ0) is 19.8. The molecule has 7 nitrogen and oxygen atoms in total. The van der Waals surface area contributed by atoms with Crippen LogP contribution >= 0.6 is 0 Å². The lowest BCUT2D eigenvalue weighted by atomic mass is 9.68. The smallest absolute Gasteiger partial charge is 0.267 e. The van der Waals surface area contributed by atoms with Gasteiger partial charge in [-0.2, -0.15) is 5.26 Å². The van der Waals surface area contributed by atoms with Gasteiger partial charge in [0, 0.05) is 31.2 Å². The summed E-state index contributed by atoms with van der Waals surface area (Å²) in [6, 6.07) is 14.2. The van der Waals surface area contributed by atoms with Crippen LogP contribution in [0.5, 0.6) is 0 Å². The molecule has 1 heterocycles. The van der Waals surface area contributed by atoms with Gasteiger partial charge in [0.15, 0.2) is 6.19 Å². The molecule has 4 N–H and O–H groups in total. The first kappa shape index (κ1) is 19.5. The fraction of sp³-hybridized carbons (Fsp3) is 0.381. The van der Waals surface area contributed by atoms with Crippen LogP contribution in [0.1, 0.15) is 41.7 Å². The van der Waals surface area contributed by atoms with Gasteiger partial charge < -0.3 is 15.6 Å². The Hall–Kier alpha value is -3.27. The monoisotopic (exact) mass is 378 g/mol. The summed E-state index contributed by atoms with van der Waals surface area (Å²) in [4.78, 5) is 19.5. The van der Waals surface area contributed by atoms with Crippen molar-refractivity contribution in [1.29, 1.82) is 5.26 Å². The summed E-state index contributed by atoms with van der Waals surface area (Å²) in [6.07, 6.45) is 7.38. The van der Waals surface area contributed by atoms with Crippen molar-refractivity contribution in [3.8, 4) is 6.19 Å². The molecule has 0 radical (unpaired) electrons. The number of carbonyl (C=O) groups excluding carboxylic acids is 1. The molecular weight excluding hydrogens is 352 g/mol. The maximum atomic E-state index is 12.4. The van der Waals surface area contributed by atoms with Crippen molar-refractivity contribution in [3.05, 3.63) is 59.9 Å². The number of nitrogens with zero attached hydrogens (tertiary/aromatic N) is 2. The molecule has 0 bridgehead atoms. The fourth-order valence-corrected chi connectivity index (χ4v) is 3.89. The molecule has 1 fully saturated rings. The first-order chi connectivity index (χ1) is 13.7. The van der Waals surface area contributed by atoms with Crippen LogP contribution in [0.25, 0.3) is 0 Å². The van der Waals surface area contributed by atoms with E-state index in [0.29, 0.717) is 18.2 Å². The van der Waals surface area contributed by atoms with E-state index >= 15 is 0 Å². The number of benzene rings is 1. The molecule has 2 aromatic rings. The lowest BCUT2D eigenvalue weighted by Crippen LogP contribution is -2.49. The molecule has 0 aliphatic heterocycles.